The zero-order chi connectivity index (χ0) is 28.5. The van der Waals surface area contributed by atoms with Crippen LogP contribution in [0.4, 0.5) is 23.0 Å². The fourth-order valence-electron chi connectivity index (χ4n) is 5.61. The molecule has 1 amide bonds. The first kappa shape index (κ1) is 26.8. The number of likely N-dealkylation sites (N-methyl/N-ethyl adjacent to an activating group) is 1. The lowest BCUT2D eigenvalue weighted by molar-refractivity contribution is 0.102. The number of piperazine rings is 1. The van der Waals surface area contributed by atoms with Crippen molar-refractivity contribution >= 4 is 28.9 Å². The molecule has 2 aromatic heterocycles. The van der Waals surface area contributed by atoms with Gasteiger partial charge >= 0.3 is 0 Å². The monoisotopic (exact) mass is 553 g/mol. The molecule has 4 heterocycles. The average Bonchev–Trinajstić information content (AvgIpc) is 3.44. The number of anilines is 4. The van der Waals surface area contributed by atoms with Crippen LogP contribution in [0.1, 0.15) is 32.7 Å². The van der Waals surface area contributed by atoms with Crippen LogP contribution in [0.25, 0.3) is 5.82 Å². The number of carbonyl (C=O) groups is 1. The van der Waals surface area contributed by atoms with E-state index < -0.39 is 0 Å². The number of aliphatic hydroxyl groups is 1. The summed E-state index contributed by atoms with van der Waals surface area (Å²) in [6.45, 7) is 5.80. The molecule has 10 nitrogen and oxygen atoms in total. The summed E-state index contributed by atoms with van der Waals surface area (Å²) in [4.78, 5) is 27.5. The van der Waals surface area contributed by atoms with Crippen LogP contribution in [0.15, 0.2) is 54.9 Å². The van der Waals surface area contributed by atoms with Gasteiger partial charge in [0.05, 0.1) is 25.0 Å². The summed E-state index contributed by atoms with van der Waals surface area (Å²) in [6, 6.07) is 13.6. The number of aliphatic hydroxyl groups excluding tert-OH is 1. The predicted molar refractivity (Wildman–Crippen MR) is 160 cm³/mol. The van der Waals surface area contributed by atoms with E-state index in [2.05, 4.69) is 44.6 Å². The zero-order valence-electron chi connectivity index (χ0n) is 23.6. The number of hydrogen-bond acceptors (Lipinski definition) is 8. The molecule has 4 aromatic rings. The van der Waals surface area contributed by atoms with E-state index in [0.29, 0.717) is 29.2 Å². The van der Waals surface area contributed by atoms with Gasteiger partial charge in [0.1, 0.15) is 11.6 Å². The first-order valence-corrected chi connectivity index (χ1v) is 13.9. The van der Waals surface area contributed by atoms with E-state index in [1.165, 1.54) is 0 Å². The van der Waals surface area contributed by atoms with Crippen LogP contribution in [0.3, 0.4) is 0 Å². The van der Waals surface area contributed by atoms with Crippen molar-refractivity contribution in [3.63, 3.8) is 0 Å². The Labute approximate surface area is 239 Å². The van der Waals surface area contributed by atoms with Gasteiger partial charge in [-0.15, -0.1) is 0 Å². The molecule has 1 fully saturated rings. The molecule has 1 saturated heterocycles. The topological polar surface area (TPSA) is 108 Å². The molecule has 2 aliphatic rings. The van der Waals surface area contributed by atoms with E-state index in [9.17, 15) is 9.90 Å². The molecule has 10 heteroatoms. The van der Waals surface area contributed by atoms with Gasteiger partial charge in [-0.05, 0) is 50.6 Å². The van der Waals surface area contributed by atoms with Crippen LogP contribution >= 0.6 is 0 Å². The number of para-hydroxylation sites is 1. The van der Waals surface area contributed by atoms with Crippen LogP contribution in [-0.2, 0) is 19.4 Å². The summed E-state index contributed by atoms with van der Waals surface area (Å²) < 4.78 is 7.69. The molecular formula is C31H35N7O3. The summed E-state index contributed by atoms with van der Waals surface area (Å²) in [7, 11) is 3.82. The molecule has 2 aliphatic heterocycles. The molecule has 2 aromatic carbocycles. The lowest BCUT2D eigenvalue weighted by atomic mass is 10.0. The smallest absolute Gasteiger partial charge is 0.257 e. The molecule has 0 bridgehead atoms. The van der Waals surface area contributed by atoms with Crippen molar-refractivity contribution in [2.45, 2.75) is 26.4 Å². The van der Waals surface area contributed by atoms with E-state index in [0.717, 1.165) is 72.4 Å². The highest BCUT2D eigenvalue weighted by Gasteiger charge is 2.25. The number of hydrogen-bond donors (Lipinski definition) is 3. The molecular weight excluding hydrogens is 518 g/mol. The van der Waals surface area contributed by atoms with Gasteiger partial charge in [-0.25, -0.2) is 4.98 Å². The fraction of sp³-hybridized carbons (Fsp3) is 0.323. The van der Waals surface area contributed by atoms with Gasteiger partial charge in [0.2, 0.25) is 5.95 Å². The fourth-order valence-corrected chi connectivity index (χ4v) is 5.61. The minimum absolute atomic E-state index is 0.144. The molecule has 3 N–H and O–H groups in total. The number of nitrogens with one attached hydrogen (secondary N) is 2. The quantitative estimate of drug-likeness (QED) is 0.316. The number of fused-ring (bicyclic) bond motifs is 3. The largest absolute Gasteiger partial charge is 0.494 e. The predicted octanol–water partition coefficient (Wildman–Crippen LogP) is 3.92. The van der Waals surface area contributed by atoms with Crippen LogP contribution in [0, 0.1) is 6.92 Å². The second kappa shape index (κ2) is 11.2. The highest BCUT2D eigenvalue weighted by atomic mass is 16.5. The summed E-state index contributed by atoms with van der Waals surface area (Å²) in [6.07, 6.45) is 5.16. The van der Waals surface area contributed by atoms with Crippen LogP contribution in [0.5, 0.6) is 5.75 Å². The summed E-state index contributed by atoms with van der Waals surface area (Å²) in [5.74, 6) is 1.72. The maximum absolute atomic E-state index is 13.3. The van der Waals surface area contributed by atoms with Crippen molar-refractivity contribution in [2.75, 3.05) is 55.9 Å². The number of benzene rings is 2. The van der Waals surface area contributed by atoms with Gasteiger partial charge in [-0.3, -0.25) is 4.79 Å². The number of aryl methyl sites for hydroxylation is 2. The number of aromatic nitrogens is 3. The minimum atomic E-state index is -0.205. The Morgan fingerprint density at radius 3 is 2.71 bits per heavy atom. The maximum Gasteiger partial charge on any atom is 0.257 e. The van der Waals surface area contributed by atoms with Crippen LogP contribution < -0.4 is 20.3 Å². The molecule has 0 aliphatic carbocycles. The van der Waals surface area contributed by atoms with E-state index in [1.54, 1.807) is 7.11 Å². The lowest BCUT2D eigenvalue weighted by Crippen LogP contribution is -2.44. The van der Waals surface area contributed by atoms with Crippen molar-refractivity contribution in [1.29, 1.82) is 0 Å². The third-order valence-electron chi connectivity index (χ3n) is 8.01. The van der Waals surface area contributed by atoms with Crippen LogP contribution in [-0.4, -0.2) is 70.8 Å². The molecule has 0 spiro atoms. The number of rotatable bonds is 7. The second-order valence-electron chi connectivity index (χ2n) is 10.6. The average molecular weight is 554 g/mol. The van der Waals surface area contributed by atoms with Crippen molar-refractivity contribution in [2.24, 2.45) is 0 Å². The van der Waals surface area contributed by atoms with Gasteiger partial charge in [0.15, 0.2) is 0 Å². The van der Waals surface area contributed by atoms with Crippen molar-refractivity contribution in [3.05, 3.63) is 82.8 Å². The minimum Gasteiger partial charge on any atom is -0.494 e. The van der Waals surface area contributed by atoms with E-state index in [1.807, 2.05) is 54.2 Å². The first-order valence-electron chi connectivity index (χ1n) is 13.9. The Balaban J connectivity index is 1.24. The first-order chi connectivity index (χ1) is 19.9. The maximum atomic E-state index is 13.3. The Bertz CT molecular complexity index is 1590. The van der Waals surface area contributed by atoms with E-state index in [-0.39, 0.29) is 12.5 Å². The second-order valence-corrected chi connectivity index (χ2v) is 10.6. The van der Waals surface area contributed by atoms with Crippen molar-refractivity contribution in [3.8, 4) is 11.6 Å². The molecule has 212 valence electrons. The lowest BCUT2D eigenvalue weighted by Gasteiger charge is -2.34. The molecule has 0 atom stereocenters. The third kappa shape index (κ3) is 5.23. The normalized spacial score (nSPS) is 14.8. The van der Waals surface area contributed by atoms with Gasteiger partial charge in [-0.1, -0.05) is 18.2 Å². The summed E-state index contributed by atoms with van der Waals surface area (Å²) in [5, 5.41) is 16.1. The summed E-state index contributed by atoms with van der Waals surface area (Å²) >= 11 is 0. The summed E-state index contributed by atoms with van der Waals surface area (Å²) in [5.41, 5.74) is 6.66. The third-order valence-corrected chi connectivity index (χ3v) is 8.01. The molecule has 0 unspecified atom stereocenters. The Morgan fingerprint density at radius 2 is 1.93 bits per heavy atom. The SMILES string of the molecule is COc1cc(N2CCN(C)CC2)ccc1Nc1ncc2c(n1)-n1ccc(C(=O)Nc3c(C)cccc3CO)c1CC2. The Morgan fingerprint density at radius 1 is 1.10 bits per heavy atom. The van der Waals surface area contributed by atoms with Crippen molar-refractivity contribution < 1.29 is 14.6 Å². The number of nitrogens with zero attached hydrogens (tertiary/aromatic N) is 5. The van der Waals surface area contributed by atoms with Gasteiger partial charge in [-0.2, -0.15) is 4.98 Å². The Kier molecular flexibility index (Phi) is 7.34. The molecule has 0 radical (unpaired) electrons. The molecule has 41 heavy (non-hydrogen) atoms. The highest BCUT2D eigenvalue weighted by molar-refractivity contribution is 6.06. The van der Waals surface area contributed by atoms with Crippen molar-refractivity contribution in [1.82, 2.24) is 19.4 Å². The molecule has 6 rings (SSSR count). The standard InChI is InChI=1S/C31H35N7O3/c1-20-5-4-6-22(19-39)28(20)34-30(40)24-11-12-38-26(24)10-7-21-18-32-31(35-29(21)38)33-25-9-8-23(17-27(25)41-3)37-15-13-36(2)14-16-37/h4-6,8-9,11-12,17-18,39H,7,10,13-16,19H2,1-3H3,(H,34,40)(H,32,33,35). The highest BCUT2D eigenvalue weighted by Crippen LogP contribution is 2.33. The van der Waals surface area contributed by atoms with E-state index in [4.69, 9.17) is 9.72 Å². The van der Waals surface area contributed by atoms with Crippen LogP contribution in [0.2, 0.25) is 0 Å². The van der Waals surface area contributed by atoms with Gasteiger partial charge in [0, 0.05) is 72.8 Å². The number of carbonyl (C=O) groups excluding carboxylic acids is 1. The number of methoxy groups -OCH3 is 1. The number of ether oxygens (including phenoxy) is 1. The Hall–Kier alpha value is -4.41. The van der Waals surface area contributed by atoms with E-state index >= 15 is 0 Å². The number of amides is 1. The zero-order valence-corrected chi connectivity index (χ0v) is 23.6. The molecule has 0 saturated carbocycles. The van der Waals surface area contributed by atoms with Gasteiger partial charge in [0.25, 0.3) is 5.91 Å². The van der Waals surface area contributed by atoms with Gasteiger partial charge < -0.3 is 34.8 Å².